The number of nitrogens with one attached hydrogen (secondary N) is 1. The largest absolute Gasteiger partial charge is 0.508 e. The lowest BCUT2D eigenvalue weighted by molar-refractivity contribution is -0.135. The molecule has 3 N–H and O–H groups in total. The van der Waals surface area contributed by atoms with E-state index in [-0.39, 0.29) is 28.5 Å². The Morgan fingerprint density at radius 3 is 2.73 bits per heavy atom. The third-order valence-electron chi connectivity index (χ3n) is 5.60. The van der Waals surface area contributed by atoms with Crippen LogP contribution in [0.15, 0.2) is 12.1 Å². The summed E-state index contributed by atoms with van der Waals surface area (Å²) in [6.45, 7) is 3.06. The van der Waals surface area contributed by atoms with E-state index in [0.29, 0.717) is 23.6 Å². The van der Waals surface area contributed by atoms with Gasteiger partial charge in [0.15, 0.2) is 0 Å². The molecule has 0 radical (unpaired) electrons. The molecule has 7 heteroatoms. The molecule has 26 heavy (non-hydrogen) atoms. The number of amides is 1. The minimum Gasteiger partial charge on any atom is -0.508 e. The Hall–Kier alpha value is -1.01. The highest BCUT2D eigenvalue weighted by Gasteiger charge is 2.31. The van der Waals surface area contributed by atoms with Gasteiger partial charge in [-0.05, 0) is 50.3 Å². The standard InChI is InChI=1S/C19H26Cl2N2O3/c20-14-4-5-15(24)16(17(14)21)18(25)12-3-1-2-9-23(10-7-12)19(26)13-6-8-22-11-13/h4-5,12-13,18,22,24-25H,1-3,6-11H2/t12-,13-,18-/m0/s1. The number of nitrogens with zero attached hydrogens (tertiary/aromatic N) is 1. The number of halogens is 2. The Morgan fingerprint density at radius 2 is 2.00 bits per heavy atom. The van der Waals surface area contributed by atoms with Crippen LogP contribution in [-0.2, 0) is 4.79 Å². The normalized spacial score (nSPS) is 25.6. The van der Waals surface area contributed by atoms with Crippen LogP contribution in [0, 0.1) is 11.8 Å². The van der Waals surface area contributed by atoms with Crippen molar-refractivity contribution in [2.24, 2.45) is 11.8 Å². The summed E-state index contributed by atoms with van der Waals surface area (Å²) in [4.78, 5) is 14.7. The van der Waals surface area contributed by atoms with E-state index >= 15 is 0 Å². The third-order valence-corrected chi connectivity index (χ3v) is 6.41. The first-order valence-corrected chi connectivity index (χ1v) is 10.1. The molecule has 1 aromatic carbocycles. The predicted molar refractivity (Wildman–Crippen MR) is 103 cm³/mol. The quantitative estimate of drug-likeness (QED) is 0.726. The van der Waals surface area contributed by atoms with E-state index in [0.717, 1.165) is 45.3 Å². The van der Waals surface area contributed by atoms with Crippen LogP contribution in [0.5, 0.6) is 5.75 Å². The fourth-order valence-electron chi connectivity index (χ4n) is 4.02. The van der Waals surface area contributed by atoms with E-state index in [1.807, 2.05) is 4.90 Å². The van der Waals surface area contributed by atoms with Gasteiger partial charge in [0.1, 0.15) is 5.75 Å². The van der Waals surface area contributed by atoms with Gasteiger partial charge in [0, 0.05) is 25.2 Å². The van der Waals surface area contributed by atoms with Crippen LogP contribution < -0.4 is 5.32 Å². The van der Waals surface area contributed by atoms with Crippen molar-refractivity contribution in [3.05, 3.63) is 27.7 Å². The van der Waals surface area contributed by atoms with Crippen LogP contribution in [0.25, 0.3) is 0 Å². The molecule has 2 aliphatic heterocycles. The summed E-state index contributed by atoms with van der Waals surface area (Å²) < 4.78 is 0. The monoisotopic (exact) mass is 400 g/mol. The highest BCUT2D eigenvalue weighted by atomic mass is 35.5. The molecule has 1 aromatic rings. The fourth-order valence-corrected chi connectivity index (χ4v) is 4.46. The average molecular weight is 401 g/mol. The van der Waals surface area contributed by atoms with Crippen molar-refractivity contribution in [1.29, 1.82) is 0 Å². The van der Waals surface area contributed by atoms with Crippen molar-refractivity contribution in [1.82, 2.24) is 10.2 Å². The number of benzene rings is 1. The number of aliphatic hydroxyl groups excluding tert-OH is 1. The van der Waals surface area contributed by atoms with Gasteiger partial charge in [-0.3, -0.25) is 4.79 Å². The van der Waals surface area contributed by atoms with Crippen molar-refractivity contribution in [3.8, 4) is 5.75 Å². The van der Waals surface area contributed by atoms with Crippen molar-refractivity contribution in [3.63, 3.8) is 0 Å². The number of phenolic OH excluding ortho intramolecular Hbond substituents is 1. The van der Waals surface area contributed by atoms with Crippen LogP contribution in [0.3, 0.4) is 0 Å². The van der Waals surface area contributed by atoms with Gasteiger partial charge in [-0.1, -0.05) is 29.6 Å². The summed E-state index contributed by atoms with van der Waals surface area (Å²) in [6, 6.07) is 2.97. The van der Waals surface area contributed by atoms with E-state index in [1.165, 1.54) is 12.1 Å². The van der Waals surface area contributed by atoms with Gasteiger partial charge in [0.2, 0.25) is 5.91 Å². The molecule has 144 valence electrons. The highest BCUT2D eigenvalue weighted by Crippen LogP contribution is 2.41. The Kier molecular flexibility index (Phi) is 6.67. The number of phenols is 1. The zero-order chi connectivity index (χ0) is 18.7. The van der Waals surface area contributed by atoms with Gasteiger partial charge in [0.05, 0.1) is 22.1 Å². The zero-order valence-electron chi connectivity index (χ0n) is 14.8. The number of hydrogen-bond donors (Lipinski definition) is 3. The Bertz CT molecular complexity index is 650. The molecule has 2 fully saturated rings. The molecule has 3 rings (SSSR count). The molecule has 0 spiro atoms. The van der Waals surface area contributed by atoms with E-state index in [9.17, 15) is 15.0 Å². The molecule has 0 aromatic heterocycles. The Balaban J connectivity index is 1.71. The first kappa shape index (κ1) is 19.7. The van der Waals surface area contributed by atoms with Gasteiger partial charge >= 0.3 is 0 Å². The summed E-state index contributed by atoms with van der Waals surface area (Å²) >= 11 is 12.3. The van der Waals surface area contributed by atoms with E-state index in [4.69, 9.17) is 23.2 Å². The Labute approximate surface area is 164 Å². The molecule has 0 saturated carbocycles. The predicted octanol–water partition coefficient (Wildman–Crippen LogP) is 3.36. The van der Waals surface area contributed by atoms with Gasteiger partial charge in [0.25, 0.3) is 0 Å². The number of hydrogen-bond acceptors (Lipinski definition) is 4. The molecule has 0 unspecified atom stereocenters. The Morgan fingerprint density at radius 1 is 1.19 bits per heavy atom. The summed E-state index contributed by atoms with van der Waals surface area (Å²) in [7, 11) is 0. The maximum atomic E-state index is 12.7. The molecule has 2 aliphatic rings. The fraction of sp³-hybridized carbons (Fsp3) is 0.632. The van der Waals surface area contributed by atoms with Crippen LogP contribution in [-0.4, -0.2) is 47.2 Å². The van der Waals surface area contributed by atoms with Crippen molar-refractivity contribution < 1.29 is 15.0 Å². The molecular formula is C19H26Cl2N2O3. The number of rotatable bonds is 3. The van der Waals surface area contributed by atoms with Crippen molar-refractivity contribution >= 4 is 29.1 Å². The lowest BCUT2D eigenvalue weighted by Gasteiger charge is -2.32. The van der Waals surface area contributed by atoms with Gasteiger partial charge < -0.3 is 20.4 Å². The first-order chi connectivity index (χ1) is 12.5. The summed E-state index contributed by atoms with van der Waals surface area (Å²) in [5.74, 6) is 0.172. The van der Waals surface area contributed by atoms with E-state index < -0.39 is 6.10 Å². The van der Waals surface area contributed by atoms with Crippen LogP contribution in [0.1, 0.15) is 43.8 Å². The third kappa shape index (κ3) is 4.28. The van der Waals surface area contributed by atoms with E-state index in [2.05, 4.69) is 5.32 Å². The van der Waals surface area contributed by atoms with Gasteiger partial charge in [-0.2, -0.15) is 0 Å². The molecular weight excluding hydrogens is 375 g/mol. The van der Waals surface area contributed by atoms with Gasteiger partial charge in [-0.25, -0.2) is 0 Å². The van der Waals surface area contributed by atoms with Crippen LogP contribution in [0.4, 0.5) is 0 Å². The van der Waals surface area contributed by atoms with Crippen LogP contribution in [0.2, 0.25) is 10.0 Å². The lowest BCUT2D eigenvalue weighted by atomic mass is 9.86. The van der Waals surface area contributed by atoms with Crippen LogP contribution >= 0.6 is 23.2 Å². The maximum absolute atomic E-state index is 12.7. The lowest BCUT2D eigenvalue weighted by Crippen LogP contribution is -2.40. The number of carbonyl (C=O) groups is 1. The smallest absolute Gasteiger partial charge is 0.227 e. The summed E-state index contributed by atoms with van der Waals surface area (Å²) in [5.41, 5.74) is 0.294. The summed E-state index contributed by atoms with van der Waals surface area (Å²) in [5, 5.41) is 24.8. The molecule has 5 nitrogen and oxygen atoms in total. The number of aliphatic hydroxyl groups is 1. The van der Waals surface area contributed by atoms with Crippen molar-refractivity contribution in [2.45, 2.75) is 38.2 Å². The molecule has 3 atom stereocenters. The number of likely N-dealkylation sites (tertiary alicyclic amines) is 1. The zero-order valence-corrected chi connectivity index (χ0v) is 16.3. The summed E-state index contributed by atoms with van der Waals surface area (Å²) in [6.07, 6.45) is 3.35. The first-order valence-electron chi connectivity index (χ1n) is 9.33. The molecule has 2 heterocycles. The molecule has 0 aliphatic carbocycles. The average Bonchev–Trinajstić information content (AvgIpc) is 3.12. The molecule has 0 bridgehead atoms. The van der Waals surface area contributed by atoms with Gasteiger partial charge in [-0.15, -0.1) is 0 Å². The second-order valence-corrected chi connectivity index (χ2v) is 8.08. The second-order valence-electron chi connectivity index (χ2n) is 7.30. The second kappa shape index (κ2) is 8.79. The highest BCUT2D eigenvalue weighted by molar-refractivity contribution is 6.42. The number of carbonyl (C=O) groups excluding carboxylic acids is 1. The number of aromatic hydroxyl groups is 1. The molecule has 1 amide bonds. The van der Waals surface area contributed by atoms with Crippen molar-refractivity contribution in [2.75, 3.05) is 26.2 Å². The maximum Gasteiger partial charge on any atom is 0.227 e. The topological polar surface area (TPSA) is 72.8 Å². The SMILES string of the molecule is O=C([C@H]1CCNC1)N1CCCC[C@H]([C@H](O)c2c(O)ccc(Cl)c2Cl)CC1. The van der Waals surface area contributed by atoms with E-state index in [1.54, 1.807) is 0 Å². The molecule has 2 saturated heterocycles. The minimum atomic E-state index is -0.899. The minimum absolute atomic E-state index is 0.0427.